The molecule has 2 N–H and O–H groups in total. The average molecular weight is 479 g/mol. The first kappa shape index (κ1) is 23.2. The lowest BCUT2D eigenvalue weighted by Crippen LogP contribution is -2.24. The Bertz CT molecular complexity index is 1350. The van der Waals surface area contributed by atoms with Gasteiger partial charge in [0.25, 0.3) is 11.6 Å². The van der Waals surface area contributed by atoms with E-state index in [0.717, 1.165) is 0 Å². The molecule has 0 aliphatic heterocycles. The smallest absolute Gasteiger partial charge is 0.273 e. The molecule has 2 aromatic carbocycles. The summed E-state index contributed by atoms with van der Waals surface area (Å²) in [7, 11) is 0. The third kappa shape index (κ3) is 5.71. The minimum atomic E-state index is -0.579. The molecule has 2 aromatic heterocycles. The van der Waals surface area contributed by atoms with Crippen molar-refractivity contribution in [3.63, 3.8) is 0 Å². The first-order valence-corrected chi connectivity index (χ1v) is 10.2. The average Bonchev–Trinajstić information content (AvgIpc) is 3.39. The van der Waals surface area contributed by atoms with Crippen LogP contribution in [0.1, 0.15) is 34.8 Å². The highest BCUT2D eigenvalue weighted by Crippen LogP contribution is 2.26. The van der Waals surface area contributed by atoms with Crippen molar-refractivity contribution in [2.75, 3.05) is 0 Å². The molecule has 0 saturated carbocycles. The van der Waals surface area contributed by atoms with Crippen molar-refractivity contribution >= 4 is 11.6 Å². The molecule has 4 rings (SSSR count). The van der Waals surface area contributed by atoms with Gasteiger partial charge in [0.05, 0.1) is 11.0 Å². The number of tetrazole rings is 1. The van der Waals surface area contributed by atoms with Crippen LogP contribution in [0.25, 0.3) is 0 Å². The zero-order chi connectivity index (χ0) is 24.8. The van der Waals surface area contributed by atoms with E-state index in [4.69, 9.17) is 9.47 Å². The number of nitrogens with zero attached hydrogens (tertiary/aromatic N) is 5. The van der Waals surface area contributed by atoms with Gasteiger partial charge in [0, 0.05) is 30.4 Å². The maximum absolute atomic E-state index is 14.6. The van der Waals surface area contributed by atoms with Crippen LogP contribution in [0.4, 0.5) is 10.1 Å². The summed E-state index contributed by atoms with van der Waals surface area (Å²) in [6.07, 6.45) is 0.891. The molecule has 13 heteroatoms. The summed E-state index contributed by atoms with van der Waals surface area (Å²) in [5, 5.41) is 26.8. The molecule has 0 bridgehead atoms. The Morgan fingerprint density at radius 2 is 2.06 bits per heavy atom. The van der Waals surface area contributed by atoms with E-state index in [0.29, 0.717) is 5.82 Å². The molecule has 0 saturated heterocycles. The topological polar surface area (TPSA) is 158 Å². The number of nitrogens with one attached hydrogen (secondary N) is 2. The van der Waals surface area contributed by atoms with Gasteiger partial charge >= 0.3 is 0 Å². The minimum absolute atomic E-state index is 0.0504. The van der Waals surface area contributed by atoms with Gasteiger partial charge in [0.1, 0.15) is 22.9 Å². The number of non-ortho nitro benzene ring substituents is 1. The van der Waals surface area contributed by atoms with Crippen LogP contribution in [0.15, 0.2) is 60.8 Å². The number of amides is 1. The van der Waals surface area contributed by atoms with Crippen molar-refractivity contribution in [2.24, 2.45) is 0 Å². The van der Waals surface area contributed by atoms with Crippen LogP contribution in [0.2, 0.25) is 0 Å². The molecule has 12 nitrogen and oxygen atoms in total. The van der Waals surface area contributed by atoms with Gasteiger partial charge in [-0.15, -0.1) is 5.10 Å². The summed E-state index contributed by atoms with van der Waals surface area (Å²) in [5.41, 5.74) is 0.137. The molecule has 1 amide bonds. The number of nitro benzene ring substituents is 1. The van der Waals surface area contributed by atoms with Crippen molar-refractivity contribution in [3.8, 4) is 17.4 Å². The standard InChI is InChI=1S/C22H18FN7O5/c1-13(20-26-28-29-27-20)34-17-8-7-14(19(23)11-17)12-25-21(31)18-6-3-9-24-22(18)35-16-5-2-4-15(10-16)30(32)33/h2-11,13H,12H2,1H3,(H,25,31)(H,26,27,28,29). The first-order valence-electron chi connectivity index (χ1n) is 10.2. The van der Waals surface area contributed by atoms with Crippen LogP contribution in [0, 0.1) is 15.9 Å². The maximum atomic E-state index is 14.6. The highest BCUT2D eigenvalue weighted by Gasteiger charge is 2.17. The molecule has 0 fully saturated rings. The fraction of sp³-hybridized carbons (Fsp3) is 0.136. The lowest BCUT2D eigenvalue weighted by atomic mass is 10.2. The molecule has 0 aliphatic rings. The summed E-state index contributed by atoms with van der Waals surface area (Å²) < 4.78 is 25.8. The highest BCUT2D eigenvalue weighted by atomic mass is 19.1. The van der Waals surface area contributed by atoms with Gasteiger partial charge < -0.3 is 14.8 Å². The van der Waals surface area contributed by atoms with Gasteiger partial charge in [0.2, 0.25) is 5.88 Å². The predicted molar refractivity (Wildman–Crippen MR) is 118 cm³/mol. The van der Waals surface area contributed by atoms with E-state index in [1.165, 1.54) is 54.7 Å². The second kappa shape index (κ2) is 10.3. The minimum Gasteiger partial charge on any atom is -0.483 e. The summed E-state index contributed by atoms with van der Waals surface area (Å²) in [6, 6.07) is 12.7. The number of hydrogen-bond acceptors (Lipinski definition) is 9. The number of carbonyl (C=O) groups is 1. The van der Waals surface area contributed by atoms with Gasteiger partial charge in [-0.2, -0.15) is 0 Å². The molecule has 4 aromatic rings. The zero-order valence-electron chi connectivity index (χ0n) is 18.2. The Morgan fingerprint density at radius 3 is 2.80 bits per heavy atom. The van der Waals surface area contributed by atoms with E-state index in [9.17, 15) is 19.3 Å². The van der Waals surface area contributed by atoms with Gasteiger partial charge in [-0.3, -0.25) is 14.9 Å². The molecule has 0 aliphatic carbocycles. The molecule has 178 valence electrons. The number of carbonyl (C=O) groups excluding carboxylic acids is 1. The summed E-state index contributed by atoms with van der Waals surface area (Å²) in [4.78, 5) is 27.2. The first-order chi connectivity index (χ1) is 16.9. The largest absolute Gasteiger partial charge is 0.483 e. The van der Waals surface area contributed by atoms with Gasteiger partial charge in [-0.25, -0.2) is 14.5 Å². The van der Waals surface area contributed by atoms with Crippen LogP contribution < -0.4 is 14.8 Å². The number of benzene rings is 2. The van der Waals surface area contributed by atoms with Gasteiger partial charge in [-0.05, 0) is 41.6 Å². The van der Waals surface area contributed by atoms with Gasteiger partial charge in [-0.1, -0.05) is 12.1 Å². The number of halogens is 1. The van der Waals surface area contributed by atoms with Crippen LogP contribution in [-0.2, 0) is 6.54 Å². The van der Waals surface area contributed by atoms with E-state index in [-0.39, 0.29) is 40.7 Å². The molecule has 0 spiro atoms. The Kier molecular flexibility index (Phi) is 6.86. The van der Waals surface area contributed by atoms with Crippen LogP contribution in [-0.4, -0.2) is 36.4 Å². The molecule has 2 heterocycles. The third-order valence-electron chi connectivity index (χ3n) is 4.78. The third-order valence-corrected chi connectivity index (χ3v) is 4.78. The van der Waals surface area contributed by atoms with E-state index in [2.05, 4.69) is 30.9 Å². The predicted octanol–water partition coefficient (Wildman–Crippen LogP) is 3.50. The molecular formula is C22H18FN7O5. The van der Waals surface area contributed by atoms with Crippen molar-refractivity contribution in [1.82, 2.24) is 30.9 Å². The number of aromatic amines is 1. The Morgan fingerprint density at radius 1 is 1.20 bits per heavy atom. The van der Waals surface area contributed by atoms with Gasteiger partial charge in [0.15, 0.2) is 11.9 Å². The molecule has 35 heavy (non-hydrogen) atoms. The monoisotopic (exact) mass is 479 g/mol. The Balaban J connectivity index is 1.42. The zero-order valence-corrected chi connectivity index (χ0v) is 18.2. The number of rotatable bonds is 9. The molecule has 1 unspecified atom stereocenters. The van der Waals surface area contributed by atoms with Crippen molar-refractivity contribution < 1.29 is 23.6 Å². The van der Waals surface area contributed by atoms with Crippen molar-refractivity contribution in [1.29, 1.82) is 0 Å². The van der Waals surface area contributed by atoms with E-state index < -0.39 is 22.8 Å². The van der Waals surface area contributed by atoms with E-state index in [1.807, 2.05) is 0 Å². The normalized spacial score (nSPS) is 11.5. The number of hydrogen-bond donors (Lipinski definition) is 2. The number of ether oxygens (including phenoxy) is 2. The van der Waals surface area contributed by atoms with Crippen LogP contribution in [0.3, 0.4) is 0 Å². The summed E-state index contributed by atoms with van der Waals surface area (Å²) in [5.74, 6) is -0.396. The second-order valence-corrected chi connectivity index (χ2v) is 7.20. The summed E-state index contributed by atoms with van der Waals surface area (Å²) in [6.45, 7) is 1.59. The van der Waals surface area contributed by atoms with E-state index >= 15 is 0 Å². The number of H-pyrrole nitrogens is 1. The summed E-state index contributed by atoms with van der Waals surface area (Å²) >= 11 is 0. The number of nitro groups is 1. The number of aromatic nitrogens is 5. The lowest BCUT2D eigenvalue weighted by molar-refractivity contribution is -0.384. The quantitative estimate of drug-likeness (QED) is 0.271. The number of pyridine rings is 1. The van der Waals surface area contributed by atoms with Crippen molar-refractivity contribution in [3.05, 3.63) is 93.7 Å². The maximum Gasteiger partial charge on any atom is 0.273 e. The molecular weight excluding hydrogens is 461 g/mol. The second-order valence-electron chi connectivity index (χ2n) is 7.20. The van der Waals surface area contributed by atoms with Crippen molar-refractivity contribution in [2.45, 2.75) is 19.6 Å². The fourth-order valence-corrected chi connectivity index (χ4v) is 3.03. The molecule has 0 radical (unpaired) electrons. The van der Waals surface area contributed by atoms with Crippen LogP contribution >= 0.6 is 0 Å². The fourth-order valence-electron chi connectivity index (χ4n) is 3.03. The lowest BCUT2D eigenvalue weighted by Gasteiger charge is -2.13. The Hall–Kier alpha value is -4.94. The Labute approximate surface area is 197 Å². The van der Waals surface area contributed by atoms with Crippen LogP contribution in [0.5, 0.6) is 17.4 Å². The SMILES string of the molecule is CC(Oc1ccc(CNC(=O)c2cccnc2Oc2cccc([N+](=O)[O-])c2)c(F)c1)c1nnn[nH]1. The highest BCUT2D eigenvalue weighted by molar-refractivity contribution is 5.96. The molecule has 1 atom stereocenters. The van der Waals surface area contributed by atoms with E-state index in [1.54, 1.807) is 13.0 Å².